The number of ether oxygens (including phenoxy) is 1. The van der Waals surface area contributed by atoms with Gasteiger partial charge in [-0.05, 0) is 23.8 Å². The maximum absolute atomic E-state index is 11.7. The summed E-state index contributed by atoms with van der Waals surface area (Å²) >= 11 is 1.60. The standard InChI is InChI=1S/C14H22N2O3S/c1-10(2)7-12(14(18)19-3)15-9-13(17)16-8-11-5-4-6-20-11/h4-6,10,12,15H,7-9H2,1-3H3,(H,16,17). The zero-order valence-corrected chi connectivity index (χ0v) is 13.0. The number of methoxy groups -OCH3 is 1. The highest BCUT2D eigenvalue weighted by atomic mass is 32.1. The summed E-state index contributed by atoms with van der Waals surface area (Å²) in [5, 5.41) is 7.72. The number of rotatable bonds is 8. The molecule has 5 nitrogen and oxygen atoms in total. The number of thiophene rings is 1. The predicted octanol–water partition coefficient (Wildman–Crippen LogP) is 1.54. The van der Waals surface area contributed by atoms with Crippen LogP contribution in [-0.2, 0) is 20.9 Å². The van der Waals surface area contributed by atoms with E-state index in [1.54, 1.807) is 11.3 Å². The molecule has 0 bridgehead atoms. The van der Waals surface area contributed by atoms with Gasteiger partial charge in [-0.2, -0.15) is 0 Å². The van der Waals surface area contributed by atoms with Crippen LogP contribution in [0.1, 0.15) is 25.1 Å². The van der Waals surface area contributed by atoms with Crippen LogP contribution in [-0.4, -0.2) is 31.6 Å². The van der Waals surface area contributed by atoms with Crippen molar-refractivity contribution in [1.82, 2.24) is 10.6 Å². The zero-order valence-electron chi connectivity index (χ0n) is 12.1. The van der Waals surface area contributed by atoms with E-state index in [2.05, 4.69) is 10.6 Å². The van der Waals surface area contributed by atoms with Crippen molar-refractivity contribution in [3.05, 3.63) is 22.4 Å². The van der Waals surface area contributed by atoms with Crippen LogP contribution < -0.4 is 10.6 Å². The smallest absolute Gasteiger partial charge is 0.322 e. The van der Waals surface area contributed by atoms with Gasteiger partial charge >= 0.3 is 5.97 Å². The van der Waals surface area contributed by atoms with Crippen LogP contribution in [0.2, 0.25) is 0 Å². The fourth-order valence-electron chi connectivity index (χ4n) is 1.75. The Hall–Kier alpha value is -1.40. The predicted molar refractivity (Wildman–Crippen MR) is 79.4 cm³/mol. The van der Waals surface area contributed by atoms with Crippen molar-refractivity contribution in [3.63, 3.8) is 0 Å². The molecule has 1 amide bonds. The minimum Gasteiger partial charge on any atom is -0.468 e. The molecule has 2 N–H and O–H groups in total. The molecule has 0 radical (unpaired) electrons. The number of hydrogen-bond acceptors (Lipinski definition) is 5. The van der Waals surface area contributed by atoms with E-state index < -0.39 is 6.04 Å². The Morgan fingerprint density at radius 1 is 1.40 bits per heavy atom. The Kier molecular flexibility index (Phi) is 7.25. The monoisotopic (exact) mass is 298 g/mol. The van der Waals surface area contributed by atoms with E-state index in [1.165, 1.54) is 7.11 Å². The van der Waals surface area contributed by atoms with E-state index in [9.17, 15) is 9.59 Å². The molecular weight excluding hydrogens is 276 g/mol. The second kappa shape index (κ2) is 8.71. The summed E-state index contributed by atoms with van der Waals surface area (Å²) in [7, 11) is 1.36. The van der Waals surface area contributed by atoms with Gasteiger partial charge < -0.3 is 10.1 Å². The molecule has 0 spiro atoms. The van der Waals surface area contributed by atoms with Crippen molar-refractivity contribution < 1.29 is 14.3 Å². The van der Waals surface area contributed by atoms with Crippen LogP contribution >= 0.6 is 11.3 Å². The molecule has 0 saturated carbocycles. The Labute approximate surface area is 123 Å². The van der Waals surface area contributed by atoms with Gasteiger partial charge in [0.05, 0.1) is 20.2 Å². The first kappa shape index (κ1) is 16.7. The lowest BCUT2D eigenvalue weighted by atomic mass is 10.0. The van der Waals surface area contributed by atoms with Crippen LogP contribution in [0.3, 0.4) is 0 Å². The number of amides is 1. The van der Waals surface area contributed by atoms with Crippen molar-refractivity contribution >= 4 is 23.2 Å². The zero-order chi connectivity index (χ0) is 15.0. The maximum Gasteiger partial charge on any atom is 0.322 e. The summed E-state index contributed by atoms with van der Waals surface area (Å²) in [6.07, 6.45) is 0.644. The number of carbonyl (C=O) groups excluding carboxylic acids is 2. The third-order valence-corrected chi connectivity index (χ3v) is 3.62. The second-order valence-electron chi connectivity index (χ2n) is 4.94. The highest BCUT2D eigenvalue weighted by Gasteiger charge is 2.20. The van der Waals surface area contributed by atoms with E-state index in [4.69, 9.17) is 4.74 Å². The van der Waals surface area contributed by atoms with Gasteiger partial charge in [0.1, 0.15) is 6.04 Å². The quantitative estimate of drug-likeness (QED) is 0.715. The number of esters is 1. The summed E-state index contributed by atoms with van der Waals surface area (Å²) in [4.78, 5) is 24.4. The van der Waals surface area contributed by atoms with Gasteiger partial charge in [-0.25, -0.2) is 0 Å². The molecule has 0 aliphatic carbocycles. The van der Waals surface area contributed by atoms with Crippen LogP contribution in [0, 0.1) is 5.92 Å². The summed E-state index contributed by atoms with van der Waals surface area (Å²) in [6, 6.07) is 3.47. The summed E-state index contributed by atoms with van der Waals surface area (Å²) in [5.74, 6) is -0.110. The minimum atomic E-state index is -0.438. The molecule has 112 valence electrons. The molecule has 0 saturated heterocycles. The summed E-state index contributed by atoms with van der Waals surface area (Å²) in [5.41, 5.74) is 0. The molecule has 1 heterocycles. The molecular formula is C14H22N2O3S. The first-order valence-corrected chi connectivity index (χ1v) is 7.51. The van der Waals surface area contributed by atoms with Crippen molar-refractivity contribution in [2.75, 3.05) is 13.7 Å². The lowest BCUT2D eigenvalue weighted by Gasteiger charge is -2.18. The SMILES string of the molecule is COC(=O)C(CC(C)C)NCC(=O)NCc1cccs1. The normalized spacial score (nSPS) is 12.2. The third-order valence-electron chi connectivity index (χ3n) is 2.74. The largest absolute Gasteiger partial charge is 0.468 e. The Balaban J connectivity index is 2.34. The first-order chi connectivity index (χ1) is 9.52. The third kappa shape index (κ3) is 6.16. The van der Waals surface area contributed by atoms with Gasteiger partial charge in [-0.1, -0.05) is 19.9 Å². The van der Waals surface area contributed by atoms with E-state index in [1.807, 2.05) is 31.4 Å². The van der Waals surface area contributed by atoms with Gasteiger partial charge in [0.25, 0.3) is 0 Å². The second-order valence-corrected chi connectivity index (χ2v) is 5.97. The fourth-order valence-corrected chi connectivity index (χ4v) is 2.40. The minimum absolute atomic E-state index is 0.109. The molecule has 1 atom stereocenters. The van der Waals surface area contributed by atoms with E-state index in [0.29, 0.717) is 18.9 Å². The van der Waals surface area contributed by atoms with Crippen LogP contribution in [0.4, 0.5) is 0 Å². The van der Waals surface area contributed by atoms with Crippen molar-refractivity contribution in [2.45, 2.75) is 32.9 Å². The average Bonchev–Trinajstić information content (AvgIpc) is 2.93. The van der Waals surface area contributed by atoms with Gasteiger partial charge in [-0.3, -0.25) is 14.9 Å². The average molecular weight is 298 g/mol. The highest BCUT2D eigenvalue weighted by Crippen LogP contribution is 2.07. The maximum atomic E-state index is 11.7. The molecule has 0 aliphatic heterocycles. The van der Waals surface area contributed by atoms with Crippen LogP contribution in [0.15, 0.2) is 17.5 Å². The molecule has 6 heteroatoms. The summed E-state index contributed by atoms with van der Waals surface area (Å²) in [6.45, 7) is 4.67. The molecule has 1 aromatic heterocycles. The molecule has 20 heavy (non-hydrogen) atoms. The van der Waals surface area contributed by atoms with Gasteiger partial charge in [0.2, 0.25) is 5.91 Å². The van der Waals surface area contributed by atoms with Gasteiger partial charge in [-0.15, -0.1) is 11.3 Å². The van der Waals surface area contributed by atoms with Crippen LogP contribution in [0.5, 0.6) is 0 Å². The van der Waals surface area contributed by atoms with Crippen molar-refractivity contribution in [1.29, 1.82) is 0 Å². The van der Waals surface area contributed by atoms with Crippen molar-refractivity contribution in [3.8, 4) is 0 Å². The molecule has 0 aromatic carbocycles. The Morgan fingerprint density at radius 3 is 2.70 bits per heavy atom. The lowest BCUT2D eigenvalue weighted by molar-refractivity contribution is -0.143. The molecule has 1 unspecified atom stereocenters. The number of nitrogens with one attached hydrogen (secondary N) is 2. The van der Waals surface area contributed by atoms with Crippen molar-refractivity contribution in [2.24, 2.45) is 5.92 Å². The van der Waals surface area contributed by atoms with Gasteiger partial charge in [0, 0.05) is 4.88 Å². The Morgan fingerprint density at radius 2 is 2.15 bits per heavy atom. The fraction of sp³-hybridized carbons (Fsp3) is 0.571. The molecule has 0 aliphatic rings. The van der Waals surface area contributed by atoms with E-state index >= 15 is 0 Å². The number of carbonyl (C=O) groups is 2. The lowest BCUT2D eigenvalue weighted by Crippen LogP contribution is -2.44. The van der Waals surface area contributed by atoms with Crippen LogP contribution in [0.25, 0.3) is 0 Å². The number of hydrogen-bond donors (Lipinski definition) is 2. The van der Waals surface area contributed by atoms with E-state index in [-0.39, 0.29) is 18.4 Å². The van der Waals surface area contributed by atoms with Gasteiger partial charge in [0.15, 0.2) is 0 Å². The first-order valence-electron chi connectivity index (χ1n) is 6.63. The molecule has 1 aromatic rings. The molecule has 1 rings (SSSR count). The summed E-state index contributed by atoms with van der Waals surface area (Å²) < 4.78 is 4.73. The Bertz CT molecular complexity index is 418. The highest BCUT2D eigenvalue weighted by molar-refractivity contribution is 7.09. The van der Waals surface area contributed by atoms with E-state index in [0.717, 1.165) is 4.88 Å². The topological polar surface area (TPSA) is 67.4 Å². The molecule has 0 fully saturated rings.